The zero-order chi connectivity index (χ0) is 13.7. The Labute approximate surface area is 116 Å². The average molecular weight is 329 g/mol. The van der Waals surface area contributed by atoms with Crippen LogP contribution in [0.4, 0.5) is 4.39 Å². The molecule has 1 aromatic heterocycles. The van der Waals surface area contributed by atoms with E-state index in [4.69, 9.17) is 4.74 Å². The van der Waals surface area contributed by atoms with E-state index in [-0.39, 0.29) is 24.8 Å². The molecule has 0 aliphatic rings. The third kappa shape index (κ3) is 4.02. The zero-order valence-corrected chi connectivity index (χ0v) is 11.3. The van der Waals surface area contributed by atoms with Crippen molar-refractivity contribution in [3.05, 3.63) is 40.6 Å². The van der Waals surface area contributed by atoms with Crippen molar-refractivity contribution < 1.29 is 13.9 Å². The second-order valence-corrected chi connectivity index (χ2v) is 4.49. The number of benzene rings is 1. The van der Waals surface area contributed by atoms with Crippen LogP contribution in [0.5, 0.6) is 5.75 Å². The van der Waals surface area contributed by atoms with Crippen LogP contribution >= 0.6 is 15.9 Å². The van der Waals surface area contributed by atoms with Gasteiger partial charge in [-0.1, -0.05) is 15.9 Å². The normalized spacial score (nSPS) is 10.2. The van der Waals surface area contributed by atoms with Gasteiger partial charge in [-0.3, -0.25) is 9.89 Å². The standard InChI is InChI=1S/C11H10BrFN4O2/c12-7-1-2-9(8(13)3-7)19-5-11(18)14-4-10-15-6-16-17-10/h1-3,6H,4-5H2,(H,14,18)(H,15,16,17). The molecule has 0 atom stereocenters. The van der Waals surface area contributed by atoms with Crippen LogP contribution in [0.2, 0.25) is 0 Å². The molecule has 1 heterocycles. The molecule has 0 bridgehead atoms. The Kier molecular flexibility index (Phi) is 4.45. The number of carbonyl (C=O) groups is 1. The van der Waals surface area contributed by atoms with E-state index in [2.05, 4.69) is 36.4 Å². The molecule has 100 valence electrons. The van der Waals surface area contributed by atoms with E-state index in [1.807, 2.05) is 0 Å². The highest BCUT2D eigenvalue weighted by Crippen LogP contribution is 2.21. The van der Waals surface area contributed by atoms with Gasteiger partial charge in [-0.25, -0.2) is 9.37 Å². The Bertz CT molecular complexity index is 562. The number of H-pyrrole nitrogens is 1. The van der Waals surface area contributed by atoms with Gasteiger partial charge in [0.1, 0.15) is 12.2 Å². The molecule has 0 saturated carbocycles. The molecule has 6 nitrogen and oxygen atoms in total. The van der Waals surface area contributed by atoms with E-state index in [9.17, 15) is 9.18 Å². The maximum atomic E-state index is 13.4. The number of halogens is 2. The molecule has 1 amide bonds. The minimum Gasteiger partial charge on any atom is -0.481 e. The van der Waals surface area contributed by atoms with Crippen molar-refractivity contribution in [2.45, 2.75) is 6.54 Å². The van der Waals surface area contributed by atoms with E-state index in [0.717, 1.165) is 0 Å². The second-order valence-electron chi connectivity index (χ2n) is 3.57. The number of hydrogen-bond donors (Lipinski definition) is 2. The topological polar surface area (TPSA) is 79.9 Å². The molecule has 2 aromatic rings. The lowest BCUT2D eigenvalue weighted by Gasteiger charge is -2.07. The van der Waals surface area contributed by atoms with Crippen LogP contribution in [0.3, 0.4) is 0 Å². The van der Waals surface area contributed by atoms with Crippen molar-refractivity contribution in [1.82, 2.24) is 20.5 Å². The van der Waals surface area contributed by atoms with Crippen LogP contribution in [0.1, 0.15) is 5.82 Å². The van der Waals surface area contributed by atoms with Crippen LogP contribution in [0.15, 0.2) is 29.0 Å². The summed E-state index contributed by atoms with van der Waals surface area (Å²) in [5, 5.41) is 8.80. The summed E-state index contributed by atoms with van der Waals surface area (Å²) in [4.78, 5) is 15.3. The van der Waals surface area contributed by atoms with E-state index in [1.54, 1.807) is 6.07 Å². The van der Waals surface area contributed by atoms with Gasteiger partial charge in [0.05, 0.1) is 6.54 Å². The first kappa shape index (κ1) is 13.5. The van der Waals surface area contributed by atoms with Gasteiger partial charge < -0.3 is 10.1 Å². The molecule has 0 aliphatic heterocycles. The predicted molar refractivity (Wildman–Crippen MR) is 67.8 cm³/mol. The summed E-state index contributed by atoms with van der Waals surface area (Å²) in [5.41, 5.74) is 0. The van der Waals surface area contributed by atoms with Gasteiger partial charge in [0, 0.05) is 4.47 Å². The molecule has 0 aliphatic carbocycles. The Balaban J connectivity index is 1.80. The summed E-state index contributed by atoms with van der Waals surface area (Å²) in [6.07, 6.45) is 1.34. The Morgan fingerprint density at radius 3 is 3.05 bits per heavy atom. The van der Waals surface area contributed by atoms with Crippen molar-refractivity contribution in [1.29, 1.82) is 0 Å². The molecule has 19 heavy (non-hydrogen) atoms. The highest BCUT2D eigenvalue weighted by molar-refractivity contribution is 9.10. The maximum absolute atomic E-state index is 13.4. The highest BCUT2D eigenvalue weighted by Gasteiger charge is 2.07. The van der Waals surface area contributed by atoms with Gasteiger partial charge in [-0.05, 0) is 18.2 Å². The molecule has 0 radical (unpaired) electrons. The molecular weight excluding hydrogens is 319 g/mol. The van der Waals surface area contributed by atoms with Crippen LogP contribution in [-0.4, -0.2) is 27.7 Å². The highest BCUT2D eigenvalue weighted by atomic mass is 79.9. The van der Waals surface area contributed by atoms with Crippen LogP contribution < -0.4 is 10.1 Å². The number of carbonyl (C=O) groups excluding carboxylic acids is 1. The number of aromatic amines is 1. The molecule has 0 saturated heterocycles. The molecule has 1 aromatic carbocycles. The summed E-state index contributed by atoms with van der Waals surface area (Å²) in [5.74, 6) is -0.350. The molecule has 0 fully saturated rings. The first-order valence-electron chi connectivity index (χ1n) is 5.34. The summed E-state index contributed by atoms with van der Waals surface area (Å²) >= 11 is 3.13. The third-order valence-electron chi connectivity index (χ3n) is 2.17. The number of ether oxygens (including phenoxy) is 1. The monoisotopic (exact) mass is 328 g/mol. The second kappa shape index (κ2) is 6.28. The molecule has 2 N–H and O–H groups in total. The SMILES string of the molecule is O=C(COc1ccc(Br)cc1F)NCc1ncn[nH]1. The minimum absolute atomic E-state index is 0.0259. The van der Waals surface area contributed by atoms with Gasteiger partial charge in [0.25, 0.3) is 5.91 Å². The number of rotatable bonds is 5. The summed E-state index contributed by atoms with van der Waals surface area (Å²) < 4.78 is 19.1. The van der Waals surface area contributed by atoms with Gasteiger partial charge in [0.2, 0.25) is 0 Å². The Morgan fingerprint density at radius 2 is 2.37 bits per heavy atom. The summed E-state index contributed by atoms with van der Waals surface area (Å²) in [7, 11) is 0. The fourth-order valence-electron chi connectivity index (χ4n) is 1.28. The molecule has 0 unspecified atom stereocenters. The van der Waals surface area contributed by atoms with Crippen molar-refractivity contribution in [3.63, 3.8) is 0 Å². The largest absolute Gasteiger partial charge is 0.481 e. The van der Waals surface area contributed by atoms with E-state index in [1.165, 1.54) is 18.5 Å². The summed E-state index contributed by atoms with van der Waals surface area (Å²) in [6, 6.07) is 4.34. The first-order valence-corrected chi connectivity index (χ1v) is 6.13. The maximum Gasteiger partial charge on any atom is 0.258 e. The number of hydrogen-bond acceptors (Lipinski definition) is 4. The van der Waals surface area contributed by atoms with Crippen LogP contribution in [0, 0.1) is 5.82 Å². The molecular formula is C11H10BrFN4O2. The molecule has 2 rings (SSSR count). The van der Waals surface area contributed by atoms with E-state index < -0.39 is 5.82 Å². The first-order chi connectivity index (χ1) is 9.15. The number of amides is 1. The molecule has 0 spiro atoms. The molecule has 8 heteroatoms. The van der Waals surface area contributed by atoms with Crippen molar-refractivity contribution in [2.24, 2.45) is 0 Å². The lowest BCUT2D eigenvalue weighted by Crippen LogP contribution is -2.28. The van der Waals surface area contributed by atoms with Crippen molar-refractivity contribution >= 4 is 21.8 Å². The quantitative estimate of drug-likeness (QED) is 0.869. The van der Waals surface area contributed by atoms with Crippen molar-refractivity contribution in [2.75, 3.05) is 6.61 Å². The third-order valence-corrected chi connectivity index (χ3v) is 2.66. The van der Waals surface area contributed by atoms with E-state index >= 15 is 0 Å². The number of aromatic nitrogens is 3. The van der Waals surface area contributed by atoms with Gasteiger partial charge in [-0.15, -0.1) is 0 Å². The lowest BCUT2D eigenvalue weighted by atomic mass is 10.3. The minimum atomic E-state index is -0.530. The van der Waals surface area contributed by atoms with Crippen LogP contribution in [-0.2, 0) is 11.3 Å². The van der Waals surface area contributed by atoms with Crippen LogP contribution in [0.25, 0.3) is 0 Å². The van der Waals surface area contributed by atoms with Crippen molar-refractivity contribution in [3.8, 4) is 5.75 Å². The predicted octanol–water partition coefficient (Wildman–Crippen LogP) is 1.40. The lowest BCUT2D eigenvalue weighted by molar-refractivity contribution is -0.123. The zero-order valence-electron chi connectivity index (χ0n) is 9.69. The number of nitrogens with zero attached hydrogens (tertiary/aromatic N) is 2. The Hall–Kier alpha value is -1.96. The fraction of sp³-hybridized carbons (Fsp3) is 0.182. The fourth-order valence-corrected chi connectivity index (χ4v) is 1.62. The number of nitrogens with one attached hydrogen (secondary N) is 2. The van der Waals surface area contributed by atoms with Gasteiger partial charge in [-0.2, -0.15) is 5.10 Å². The average Bonchev–Trinajstić information content (AvgIpc) is 2.88. The smallest absolute Gasteiger partial charge is 0.258 e. The van der Waals surface area contributed by atoms with Gasteiger partial charge in [0.15, 0.2) is 18.2 Å². The van der Waals surface area contributed by atoms with E-state index in [0.29, 0.717) is 10.3 Å². The Morgan fingerprint density at radius 1 is 1.53 bits per heavy atom. The van der Waals surface area contributed by atoms with Gasteiger partial charge >= 0.3 is 0 Å². The summed E-state index contributed by atoms with van der Waals surface area (Å²) in [6.45, 7) is -0.0578.